The third kappa shape index (κ3) is 3.11. The molecule has 4 aliphatic carbocycles. The monoisotopic (exact) mass is 463 g/mol. The van der Waals surface area contributed by atoms with Gasteiger partial charge in [0.2, 0.25) is 11.8 Å². The number of anilines is 1. The predicted molar refractivity (Wildman–Crippen MR) is 121 cm³/mol. The van der Waals surface area contributed by atoms with Gasteiger partial charge >= 0.3 is 0 Å². The molecule has 2 aromatic carbocycles. The van der Waals surface area contributed by atoms with Crippen LogP contribution in [0.4, 0.5) is 5.69 Å². The molecule has 168 valence electrons. The van der Waals surface area contributed by atoms with Crippen molar-refractivity contribution >= 4 is 34.9 Å². The summed E-state index contributed by atoms with van der Waals surface area (Å²) in [5.74, 6) is 1.47. The maximum Gasteiger partial charge on any atom is 0.238 e. The molecule has 1 saturated heterocycles. The molecule has 5 aliphatic rings. The smallest absolute Gasteiger partial charge is 0.238 e. The van der Waals surface area contributed by atoms with Gasteiger partial charge in [-0.25, -0.2) is 4.90 Å². The van der Waals surface area contributed by atoms with Gasteiger partial charge in [0, 0.05) is 5.56 Å². The first kappa shape index (κ1) is 20.5. The Kier molecular flexibility index (Phi) is 4.63. The number of Topliss-reactive ketones (excluding diaryl/α,β-unsaturated/α-hetero) is 1. The second-order valence-corrected chi connectivity index (χ2v) is 9.63. The zero-order valence-corrected chi connectivity index (χ0v) is 18.7. The number of hydrogen-bond donors (Lipinski definition) is 0. The van der Waals surface area contributed by atoms with Crippen LogP contribution in [-0.2, 0) is 9.59 Å². The lowest BCUT2D eigenvalue weighted by atomic mass is 9.63. The first-order chi connectivity index (χ1) is 16.0. The van der Waals surface area contributed by atoms with Crippen LogP contribution < -0.4 is 14.4 Å². The lowest BCUT2D eigenvalue weighted by Crippen LogP contribution is -2.40. The van der Waals surface area contributed by atoms with Crippen LogP contribution in [0.15, 0.2) is 54.6 Å². The number of nitrogens with zero attached hydrogens (tertiary/aromatic N) is 1. The van der Waals surface area contributed by atoms with Crippen molar-refractivity contribution in [3.8, 4) is 11.5 Å². The number of benzene rings is 2. The zero-order chi connectivity index (χ0) is 22.9. The molecule has 6 nitrogen and oxygen atoms in total. The normalized spacial score (nSPS) is 30.8. The molecule has 2 amide bonds. The van der Waals surface area contributed by atoms with Crippen molar-refractivity contribution in [2.75, 3.05) is 18.6 Å². The van der Waals surface area contributed by atoms with Crippen molar-refractivity contribution in [2.24, 2.45) is 35.5 Å². The maximum absolute atomic E-state index is 13.3. The van der Waals surface area contributed by atoms with E-state index >= 15 is 0 Å². The van der Waals surface area contributed by atoms with Crippen LogP contribution in [0.25, 0.3) is 0 Å². The number of imide groups is 1. The molecule has 1 heterocycles. The van der Waals surface area contributed by atoms with E-state index in [0.29, 0.717) is 34.6 Å². The predicted octanol–water partition coefficient (Wildman–Crippen LogP) is 4.17. The van der Waals surface area contributed by atoms with Gasteiger partial charge in [-0.1, -0.05) is 23.8 Å². The van der Waals surface area contributed by atoms with Gasteiger partial charge in [0.15, 0.2) is 12.4 Å². The van der Waals surface area contributed by atoms with Gasteiger partial charge in [0.05, 0.1) is 29.7 Å². The standard InChI is InChI=1S/C26H22ClNO5/c1-32-15-5-2-13(3-6-15)21(29)12-33-22-9-4-14(10-20(22)27)28-25(30)23-16-7-8-17(19-11-18(16)19)24(23)26(28)31/h2-10,16-19,23-24H,11-12H2,1H3/t16-,17+,18?,19?,23-,24+. The van der Waals surface area contributed by atoms with Crippen LogP contribution in [0.2, 0.25) is 5.02 Å². The Morgan fingerprint density at radius 3 is 2.21 bits per heavy atom. The summed E-state index contributed by atoms with van der Waals surface area (Å²) in [7, 11) is 1.56. The van der Waals surface area contributed by atoms with E-state index in [4.69, 9.17) is 21.1 Å². The summed E-state index contributed by atoms with van der Waals surface area (Å²) in [5.41, 5.74) is 0.951. The molecule has 0 radical (unpaired) electrons. The summed E-state index contributed by atoms with van der Waals surface area (Å²) in [6.45, 7) is -0.186. The van der Waals surface area contributed by atoms with E-state index in [1.807, 2.05) is 0 Å². The summed E-state index contributed by atoms with van der Waals surface area (Å²) in [4.78, 5) is 40.2. The highest BCUT2D eigenvalue weighted by Gasteiger charge is 2.67. The van der Waals surface area contributed by atoms with Crippen molar-refractivity contribution in [1.29, 1.82) is 0 Å². The first-order valence-corrected chi connectivity index (χ1v) is 11.5. The first-order valence-electron chi connectivity index (χ1n) is 11.1. The Labute approximate surface area is 196 Å². The Morgan fingerprint density at radius 2 is 1.64 bits per heavy atom. The number of carbonyl (C=O) groups excluding carboxylic acids is 3. The van der Waals surface area contributed by atoms with Crippen LogP contribution >= 0.6 is 11.6 Å². The molecule has 0 aromatic heterocycles. The third-order valence-electron chi connectivity index (χ3n) is 7.61. The van der Waals surface area contributed by atoms with E-state index in [0.717, 1.165) is 6.42 Å². The van der Waals surface area contributed by atoms with Crippen molar-refractivity contribution in [1.82, 2.24) is 0 Å². The van der Waals surface area contributed by atoms with Crippen molar-refractivity contribution < 1.29 is 23.9 Å². The molecule has 2 bridgehead atoms. The van der Waals surface area contributed by atoms with Crippen molar-refractivity contribution in [2.45, 2.75) is 6.42 Å². The van der Waals surface area contributed by atoms with Crippen molar-refractivity contribution in [3.63, 3.8) is 0 Å². The van der Waals surface area contributed by atoms with Crippen LogP contribution in [0, 0.1) is 35.5 Å². The molecule has 3 fully saturated rings. The van der Waals surface area contributed by atoms with E-state index in [1.54, 1.807) is 49.6 Å². The molecule has 2 saturated carbocycles. The number of ether oxygens (including phenoxy) is 2. The molecule has 2 aromatic rings. The fourth-order valence-corrected chi connectivity index (χ4v) is 6.19. The molecule has 0 spiro atoms. The van der Waals surface area contributed by atoms with Crippen LogP contribution in [-0.4, -0.2) is 31.3 Å². The van der Waals surface area contributed by atoms with Crippen molar-refractivity contribution in [3.05, 3.63) is 65.2 Å². The van der Waals surface area contributed by atoms with Gasteiger partial charge in [-0.2, -0.15) is 0 Å². The number of hydrogen-bond acceptors (Lipinski definition) is 5. The maximum atomic E-state index is 13.3. The van der Waals surface area contributed by atoms with E-state index in [1.165, 1.54) is 4.90 Å². The number of ketones is 1. The van der Waals surface area contributed by atoms with Gasteiger partial charge in [-0.15, -0.1) is 0 Å². The molecular formula is C26H22ClNO5. The third-order valence-corrected chi connectivity index (χ3v) is 7.90. The van der Waals surface area contributed by atoms with Gasteiger partial charge in [-0.3, -0.25) is 14.4 Å². The average Bonchev–Trinajstić information content (AvgIpc) is 3.61. The topological polar surface area (TPSA) is 72.9 Å². The van der Waals surface area contributed by atoms with Crippen LogP contribution in [0.3, 0.4) is 0 Å². The van der Waals surface area contributed by atoms with Crippen LogP contribution in [0.5, 0.6) is 11.5 Å². The minimum absolute atomic E-state index is 0.130. The minimum Gasteiger partial charge on any atom is -0.497 e. The Hall–Kier alpha value is -3.12. The molecular weight excluding hydrogens is 442 g/mol. The van der Waals surface area contributed by atoms with Gasteiger partial charge in [-0.05, 0) is 72.6 Å². The Bertz CT molecular complexity index is 1170. The highest BCUT2D eigenvalue weighted by molar-refractivity contribution is 6.33. The molecule has 33 heavy (non-hydrogen) atoms. The summed E-state index contributed by atoms with van der Waals surface area (Å²) in [6, 6.07) is 11.6. The molecule has 2 unspecified atom stereocenters. The van der Waals surface area contributed by atoms with Crippen LogP contribution in [0.1, 0.15) is 16.8 Å². The number of carbonyl (C=O) groups is 3. The SMILES string of the molecule is COc1ccc(C(=O)COc2ccc(N3C(=O)[C@@H]4[C@H](C3=O)[C@@H]3C=C[C@H]4C4CC43)cc2Cl)cc1. The second-order valence-electron chi connectivity index (χ2n) is 9.22. The number of methoxy groups -OCH3 is 1. The highest BCUT2D eigenvalue weighted by Crippen LogP contribution is 2.65. The van der Waals surface area contributed by atoms with Gasteiger partial charge in [0.25, 0.3) is 0 Å². The lowest BCUT2D eigenvalue weighted by Gasteiger charge is -2.37. The number of allylic oxidation sites excluding steroid dienone is 2. The average molecular weight is 464 g/mol. The quantitative estimate of drug-likeness (QED) is 0.365. The fraction of sp³-hybridized carbons (Fsp3) is 0.346. The summed E-state index contributed by atoms with van der Waals surface area (Å²) in [6.07, 6.45) is 5.43. The fourth-order valence-electron chi connectivity index (χ4n) is 5.96. The largest absolute Gasteiger partial charge is 0.497 e. The summed E-state index contributed by atoms with van der Waals surface area (Å²) >= 11 is 6.41. The number of amides is 2. The van der Waals surface area contributed by atoms with Gasteiger partial charge in [0.1, 0.15) is 11.5 Å². The second kappa shape index (κ2) is 7.45. The Morgan fingerprint density at radius 1 is 1.00 bits per heavy atom. The number of rotatable bonds is 6. The van der Waals surface area contributed by atoms with Gasteiger partial charge < -0.3 is 9.47 Å². The molecule has 1 aliphatic heterocycles. The molecule has 0 N–H and O–H groups in total. The number of halogens is 1. The lowest BCUT2D eigenvalue weighted by molar-refractivity contribution is -0.124. The zero-order valence-electron chi connectivity index (χ0n) is 17.9. The summed E-state index contributed by atoms with van der Waals surface area (Å²) in [5, 5.41) is 0.245. The summed E-state index contributed by atoms with van der Waals surface area (Å²) < 4.78 is 10.7. The van der Waals surface area contributed by atoms with E-state index in [-0.39, 0.29) is 52.9 Å². The highest BCUT2D eigenvalue weighted by atomic mass is 35.5. The van der Waals surface area contributed by atoms with E-state index in [2.05, 4.69) is 12.2 Å². The van der Waals surface area contributed by atoms with E-state index in [9.17, 15) is 14.4 Å². The molecule has 7 heteroatoms. The minimum atomic E-state index is -0.256. The Balaban J connectivity index is 1.17. The van der Waals surface area contributed by atoms with E-state index < -0.39 is 0 Å². The molecule has 6 atom stereocenters. The molecule has 7 rings (SSSR count).